The van der Waals surface area contributed by atoms with E-state index in [0.717, 1.165) is 10.9 Å². The Balaban J connectivity index is 2.33. The third kappa shape index (κ3) is 8.04. The first-order valence-corrected chi connectivity index (χ1v) is 12.5. The van der Waals surface area contributed by atoms with E-state index in [1.807, 2.05) is 31.2 Å². The maximum Gasteiger partial charge on any atom is 0.326 e. The van der Waals surface area contributed by atoms with E-state index in [1.165, 1.54) is 0 Å². The molecule has 1 heterocycles. The number of amides is 3. The van der Waals surface area contributed by atoms with Gasteiger partial charge < -0.3 is 36.9 Å². The van der Waals surface area contributed by atoms with Crippen molar-refractivity contribution in [3.05, 3.63) is 36.0 Å². The van der Waals surface area contributed by atoms with Crippen molar-refractivity contribution in [2.75, 3.05) is 0 Å². The van der Waals surface area contributed by atoms with Crippen molar-refractivity contribution in [2.45, 2.75) is 71.1 Å². The van der Waals surface area contributed by atoms with Crippen LogP contribution in [-0.4, -0.2) is 69.0 Å². The fraction of sp³-hybridized carbons (Fsp3) is 0.500. The number of carboxylic acid groups (broad SMARTS) is 2. The molecule has 0 fully saturated rings. The Kier molecular flexibility index (Phi) is 10.8. The van der Waals surface area contributed by atoms with Gasteiger partial charge in [-0.05, 0) is 23.5 Å². The predicted molar refractivity (Wildman–Crippen MR) is 140 cm³/mol. The molecule has 0 aliphatic heterocycles. The quantitative estimate of drug-likeness (QED) is 0.185. The van der Waals surface area contributed by atoms with Crippen LogP contribution in [0.2, 0.25) is 0 Å². The number of carbonyl (C=O) groups excluding carboxylic acids is 3. The third-order valence-electron chi connectivity index (χ3n) is 6.49. The van der Waals surface area contributed by atoms with Crippen molar-refractivity contribution >= 4 is 40.6 Å². The van der Waals surface area contributed by atoms with Crippen LogP contribution in [0.25, 0.3) is 10.9 Å². The van der Waals surface area contributed by atoms with Crippen LogP contribution in [0.5, 0.6) is 0 Å². The molecule has 0 spiro atoms. The second-order valence-electron chi connectivity index (χ2n) is 9.77. The molecule has 5 unspecified atom stereocenters. The maximum atomic E-state index is 13.5. The number of carboxylic acids is 2. The fourth-order valence-electron chi connectivity index (χ4n) is 4.00. The number of hydrogen-bond donors (Lipinski definition) is 7. The predicted octanol–water partition coefficient (Wildman–Crippen LogP) is 0.754. The molecule has 208 valence electrons. The number of nitrogens with two attached hydrogens (primary N) is 1. The molecule has 12 heteroatoms. The maximum absolute atomic E-state index is 13.5. The fourth-order valence-corrected chi connectivity index (χ4v) is 4.00. The Labute approximate surface area is 220 Å². The van der Waals surface area contributed by atoms with E-state index < -0.39 is 66.2 Å². The molecule has 0 saturated carbocycles. The van der Waals surface area contributed by atoms with E-state index >= 15 is 0 Å². The van der Waals surface area contributed by atoms with E-state index in [1.54, 1.807) is 27.0 Å². The first-order chi connectivity index (χ1) is 17.8. The first-order valence-electron chi connectivity index (χ1n) is 12.5. The van der Waals surface area contributed by atoms with Gasteiger partial charge in [0.15, 0.2) is 0 Å². The summed E-state index contributed by atoms with van der Waals surface area (Å²) in [4.78, 5) is 65.0. The van der Waals surface area contributed by atoms with E-state index in [4.69, 9.17) is 10.8 Å². The van der Waals surface area contributed by atoms with Crippen molar-refractivity contribution in [3.8, 4) is 0 Å². The molecular formula is C26H37N5O7. The third-order valence-corrected chi connectivity index (χ3v) is 6.49. The summed E-state index contributed by atoms with van der Waals surface area (Å²) in [6.07, 6.45) is 1.60. The summed E-state index contributed by atoms with van der Waals surface area (Å²) in [5.74, 6) is -5.40. The number of aromatic nitrogens is 1. The molecule has 12 nitrogen and oxygen atoms in total. The van der Waals surface area contributed by atoms with Gasteiger partial charge >= 0.3 is 11.9 Å². The van der Waals surface area contributed by atoms with Crippen LogP contribution >= 0.6 is 0 Å². The number of benzene rings is 1. The average molecular weight is 532 g/mol. The molecule has 0 aliphatic carbocycles. The highest BCUT2D eigenvalue weighted by molar-refractivity contribution is 5.95. The second-order valence-corrected chi connectivity index (χ2v) is 9.77. The van der Waals surface area contributed by atoms with Crippen LogP contribution in [0.3, 0.4) is 0 Å². The van der Waals surface area contributed by atoms with Gasteiger partial charge in [-0.2, -0.15) is 0 Å². The van der Waals surface area contributed by atoms with Crippen LogP contribution < -0.4 is 21.7 Å². The Morgan fingerprint density at radius 3 is 2.13 bits per heavy atom. The second kappa shape index (κ2) is 13.6. The standard InChI is InChI=1S/C26H37N5O7/c1-5-14(4)22(25(36)30-21(13(2)3)26(37)38)31-24(35)19(29-23(34)17(27)11-20(32)33)10-15-12-28-18-9-7-6-8-16(15)18/h6-9,12-14,17,19,21-22,28H,5,10-11,27H2,1-4H3,(H,29,34)(H,30,36)(H,31,35)(H,32,33)(H,37,38). The molecule has 2 aromatic rings. The SMILES string of the molecule is CCC(C)C(NC(=O)C(Cc1c[nH]c2ccccc12)NC(=O)C(N)CC(=O)O)C(=O)NC(C(=O)O)C(C)C. The molecule has 2 rings (SSSR count). The molecule has 1 aromatic heterocycles. The van der Waals surface area contributed by atoms with Crippen LogP contribution in [0.1, 0.15) is 46.1 Å². The zero-order valence-electron chi connectivity index (χ0n) is 22.0. The number of aromatic amines is 1. The van der Waals surface area contributed by atoms with E-state index in [2.05, 4.69) is 20.9 Å². The lowest BCUT2D eigenvalue weighted by atomic mass is 9.95. The Morgan fingerprint density at radius 2 is 1.55 bits per heavy atom. The van der Waals surface area contributed by atoms with Crippen molar-refractivity contribution < 1.29 is 34.2 Å². The average Bonchev–Trinajstić information content (AvgIpc) is 3.26. The van der Waals surface area contributed by atoms with Crippen molar-refractivity contribution in [2.24, 2.45) is 17.6 Å². The molecule has 5 atom stereocenters. The number of rotatable bonds is 14. The van der Waals surface area contributed by atoms with Crippen LogP contribution in [0.4, 0.5) is 0 Å². The minimum absolute atomic E-state index is 0.0277. The number of fused-ring (bicyclic) bond motifs is 1. The smallest absolute Gasteiger partial charge is 0.326 e. The Bertz CT molecular complexity index is 1160. The number of nitrogens with one attached hydrogen (secondary N) is 4. The van der Waals surface area contributed by atoms with Gasteiger partial charge in [-0.15, -0.1) is 0 Å². The van der Waals surface area contributed by atoms with Crippen LogP contribution in [-0.2, 0) is 30.4 Å². The van der Waals surface area contributed by atoms with Gasteiger partial charge in [0.25, 0.3) is 0 Å². The highest BCUT2D eigenvalue weighted by atomic mass is 16.4. The summed E-state index contributed by atoms with van der Waals surface area (Å²) in [5.41, 5.74) is 7.24. The van der Waals surface area contributed by atoms with Gasteiger partial charge in [-0.25, -0.2) is 4.79 Å². The van der Waals surface area contributed by atoms with Gasteiger partial charge in [-0.3, -0.25) is 19.2 Å². The largest absolute Gasteiger partial charge is 0.481 e. The molecule has 3 amide bonds. The topological polar surface area (TPSA) is 204 Å². The normalized spacial score (nSPS) is 15.2. The number of aliphatic carboxylic acids is 2. The van der Waals surface area contributed by atoms with E-state index in [0.29, 0.717) is 12.0 Å². The monoisotopic (exact) mass is 531 g/mol. The summed E-state index contributed by atoms with van der Waals surface area (Å²) in [5, 5.41) is 27.0. The van der Waals surface area contributed by atoms with Crippen LogP contribution in [0.15, 0.2) is 30.5 Å². The molecule has 0 saturated heterocycles. The van der Waals surface area contributed by atoms with Gasteiger partial charge in [-0.1, -0.05) is 52.3 Å². The van der Waals surface area contributed by atoms with Gasteiger partial charge in [0.05, 0.1) is 12.5 Å². The number of para-hydroxylation sites is 1. The highest BCUT2D eigenvalue weighted by Gasteiger charge is 2.34. The zero-order valence-corrected chi connectivity index (χ0v) is 22.0. The highest BCUT2D eigenvalue weighted by Crippen LogP contribution is 2.20. The number of hydrogen-bond acceptors (Lipinski definition) is 6. The summed E-state index contributed by atoms with van der Waals surface area (Å²) in [7, 11) is 0. The van der Waals surface area contributed by atoms with Gasteiger partial charge in [0.2, 0.25) is 17.7 Å². The summed E-state index contributed by atoms with van der Waals surface area (Å²) >= 11 is 0. The lowest BCUT2D eigenvalue weighted by molar-refractivity contribution is -0.144. The summed E-state index contributed by atoms with van der Waals surface area (Å²) in [6, 6.07) is 2.56. The Morgan fingerprint density at radius 1 is 0.921 bits per heavy atom. The molecule has 0 bridgehead atoms. The number of carbonyl (C=O) groups is 5. The zero-order chi connectivity index (χ0) is 28.6. The molecular weight excluding hydrogens is 494 g/mol. The van der Waals surface area contributed by atoms with Crippen molar-refractivity contribution in [1.29, 1.82) is 0 Å². The van der Waals surface area contributed by atoms with Crippen LogP contribution in [0, 0.1) is 11.8 Å². The van der Waals surface area contributed by atoms with Crippen molar-refractivity contribution in [3.63, 3.8) is 0 Å². The number of H-pyrrole nitrogens is 1. The minimum atomic E-state index is -1.39. The van der Waals surface area contributed by atoms with Crippen molar-refractivity contribution in [1.82, 2.24) is 20.9 Å². The lowest BCUT2D eigenvalue weighted by Gasteiger charge is -2.28. The minimum Gasteiger partial charge on any atom is -0.481 e. The summed E-state index contributed by atoms with van der Waals surface area (Å²) in [6.45, 7) is 6.88. The Hall–Kier alpha value is -3.93. The summed E-state index contributed by atoms with van der Waals surface area (Å²) < 4.78 is 0. The molecule has 8 N–H and O–H groups in total. The molecule has 0 aliphatic rings. The van der Waals surface area contributed by atoms with E-state index in [9.17, 15) is 29.1 Å². The van der Waals surface area contributed by atoms with E-state index in [-0.39, 0.29) is 12.3 Å². The molecule has 38 heavy (non-hydrogen) atoms. The molecule has 1 aromatic carbocycles. The van der Waals surface area contributed by atoms with Gasteiger partial charge in [0, 0.05) is 23.5 Å². The molecule has 0 radical (unpaired) electrons. The lowest BCUT2D eigenvalue weighted by Crippen LogP contribution is -2.59. The van der Waals surface area contributed by atoms with Gasteiger partial charge in [0.1, 0.15) is 18.1 Å². The first kappa shape index (κ1) is 30.3.